The smallest absolute Gasteiger partial charge is 0.428 e. The molecule has 35 heavy (non-hydrogen) atoms. The maximum Gasteiger partial charge on any atom is 0.428 e. The average molecular weight is 529 g/mol. The molecular formula is C22H29F5N2O5S. The Bertz CT molecular complexity index is 975. The van der Waals surface area contributed by atoms with Crippen molar-refractivity contribution in [1.29, 1.82) is 0 Å². The van der Waals surface area contributed by atoms with Crippen molar-refractivity contribution in [3.05, 3.63) is 24.0 Å². The lowest BCUT2D eigenvalue weighted by atomic mass is 9.85. The van der Waals surface area contributed by atoms with Gasteiger partial charge < -0.3 is 14.4 Å². The summed E-state index contributed by atoms with van der Waals surface area (Å²) in [6.07, 6.45) is -4.49. The van der Waals surface area contributed by atoms with Gasteiger partial charge in [-0.3, -0.25) is 4.90 Å². The summed E-state index contributed by atoms with van der Waals surface area (Å²) in [5.41, 5.74) is 0. The largest absolute Gasteiger partial charge is 0.490 e. The second kappa shape index (κ2) is 11.3. The molecule has 0 aromatic heterocycles. The van der Waals surface area contributed by atoms with E-state index in [2.05, 4.69) is 9.64 Å². The number of alkyl halides is 4. The Morgan fingerprint density at radius 3 is 2.26 bits per heavy atom. The molecule has 0 bridgehead atoms. The zero-order valence-corrected chi connectivity index (χ0v) is 20.1. The van der Waals surface area contributed by atoms with Crippen molar-refractivity contribution in [2.24, 2.45) is 5.92 Å². The van der Waals surface area contributed by atoms with Crippen LogP contribution in [0.3, 0.4) is 0 Å². The molecule has 7 nitrogen and oxygen atoms in total. The molecule has 1 aliphatic heterocycles. The molecule has 0 radical (unpaired) electrons. The van der Waals surface area contributed by atoms with Crippen molar-refractivity contribution in [3.8, 4) is 5.75 Å². The molecule has 1 amide bonds. The van der Waals surface area contributed by atoms with Crippen LogP contribution in [0.5, 0.6) is 5.75 Å². The van der Waals surface area contributed by atoms with E-state index in [1.165, 1.54) is 12.1 Å². The van der Waals surface area contributed by atoms with Gasteiger partial charge in [0.15, 0.2) is 21.4 Å². The van der Waals surface area contributed by atoms with Gasteiger partial charge in [-0.1, -0.05) is 0 Å². The van der Waals surface area contributed by atoms with Gasteiger partial charge in [0.05, 0.1) is 11.5 Å². The van der Waals surface area contributed by atoms with Gasteiger partial charge in [-0.05, 0) is 49.8 Å². The highest BCUT2D eigenvalue weighted by molar-refractivity contribution is 7.90. The van der Waals surface area contributed by atoms with Gasteiger partial charge >= 0.3 is 12.3 Å². The summed E-state index contributed by atoms with van der Waals surface area (Å²) < 4.78 is 97.5. The van der Waals surface area contributed by atoms with Gasteiger partial charge in [0, 0.05) is 38.5 Å². The van der Waals surface area contributed by atoms with E-state index in [1.807, 2.05) is 0 Å². The second-order valence-electron chi connectivity index (χ2n) is 8.94. The molecule has 1 heterocycles. The molecule has 1 unspecified atom stereocenters. The Morgan fingerprint density at radius 2 is 1.74 bits per heavy atom. The molecule has 1 saturated heterocycles. The molecule has 1 saturated carbocycles. The number of carbonyl (C=O) groups is 1. The highest BCUT2D eigenvalue weighted by Crippen LogP contribution is 2.30. The van der Waals surface area contributed by atoms with Crippen LogP contribution in [0.1, 0.15) is 25.7 Å². The highest BCUT2D eigenvalue weighted by atomic mass is 32.2. The number of piperazine rings is 1. The third-order valence-corrected chi connectivity index (χ3v) is 7.57. The number of amides is 1. The number of ether oxygens (including phenoxy) is 2. The molecular weight excluding hydrogens is 499 g/mol. The van der Waals surface area contributed by atoms with E-state index in [1.54, 1.807) is 0 Å². The van der Waals surface area contributed by atoms with E-state index in [9.17, 15) is 35.2 Å². The molecule has 2 fully saturated rings. The van der Waals surface area contributed by atoms with E-state index >= 15 is 0 Å². The topological polar surface area (TPSA) is 76.2 Å². The molecule has 198 valence electrons. The predicted octanol–water partition coefficient (Wildman–Crippen LogP) is 3.82. The number of hydrogen-bond acceptors (Lipinski definition) is 6. The third kappa shape index (κ3) is 7.42. The monoisotopic (exact) mass is 528 g/mol. The Morgan fingerprint density at radius 1 is 1.11 bits per heavy atom. The number of rotatable bonds is 7. The number of halogens is 5. The summed E-state index contributed by atoms with van der Waals surface area (Å²) >= 11 is 0. The Hall–Kier alpha value is -2.15. The first-order chi connectivity index (χ1) is 16.4. The van der Waals surface area contributed by atoms with Crippen LogP contribution in [0.15, 0.2) is 23.1 Å². The van der Waals surface area contributed by atoms with Crippen molar-refractivity contribution in [3.63, 3.8) is 0 Å². The van der Waals surface area contributed by atoms with Crippen molar-refractivity contribution in [2.75, 3.05) is 45.7 Å². The molecule has 0 N–H and O–H groups in total. The van der Waals surface area contributed by atoms with Gasteiger partial charge in [-0.25, -0.2) is 22.0 Å². The number of hydrogen-bond donors (Lipinski definition) is 0. The Balaban J connectivity index is 1.40. The van der Waals surface area contributed by atoms with E-state index in [0.29, 0.717) is 19.7 Å². The minimum Gasteiger partial charge on any atom is -0.490 e. The van der Waals surface area contributed by atoms with Gasteiger partial charge in [-0.15, -0.1) is 0 Å². The normalized spacial score (nSPS) is 23.1. The van der Waals surface area contributed by atoms with Crippen molar-refractivity contribution in [2.45, 2.75) is 48.9 Å². The number of sulfone groups is 1. The molecule has 1 aromatic carbocycles. The summed E-state index contributed by atoms with van der Waals surface area (Å²) in [5, 5.41) is 0. The van der Waals surface area contributed by atoms with Crippen molar-refractivity contribution >= 4 is 15.9 Å². The molecule has 0 spiro atoms. The predicted molar refractivity (Wildman–Crippen MR) is 116 cm³/mol. The van der Waals surface area contributed by atoms with Crippen LogP contribution in [0.4, 0.5) is 26.7 Å². The first kappa shape index (κ1) is 27.4. The quantitative estimate of drug-likeness (QED) is 0.501. The highest BCUT2D eigenvalue weighted by Gasteiger charge is 2.44. The minimum atomic E-state index is -4.94. The molecule has 1 aromatic rings. The van der Waals surface area contributed by atoms with E-state index < -0.39 is 40.7 Å². The fourth-order valence-electron chi connectivity index (χ4n) is 4.37. The lowest BCUT2D eigenvalue weighted by molar-refractivity contribution is -0.209. The molecule has 3 rings (SSSR count). The Labute approximate surface area is 201 Å². The average Bonchev–Trinajstić information content (AvgIpc) is 2.80. The summed E-state index contributed by atoms with van der Waals surface area (Å²) in [5.74, 6) is -0.523. The van der Waals surface area contributed by atoms with Crippen molar-refractivity contribution < 1.29 is 44.6 Å². The maximum absolute atomic E-state index is 14.2. The Kier molecular flexibility index (Phi) is 8.84. The van der Waals surface area contributed by atoms with Gasteiger partial charge in [0.2, 0.25) is 6.10 Å². The number of benzene rings is 1. The second-order valence-corrected chi connectivity index (χ2v) is 11.0. The number of carbonyl (C=O) groups excluding carboxylic acids is 1. The van der Waals surface area contributed by atoms with Gasteiger partial charge in [0.1, 0.15) is 6.67 Å². The van der Waals surface area contributed by atoms with Crippen LogP contribution in [0.2, 0.25) is 0 Å². The molecule has 2 aliphatic rings. The minimum absolute atomic E-state index is 0.00283. The molecule has 1 atom stereocenters. The van der Waals surface area contributed by atoms with Crippen molar-refractivity contribution in [1.82, 2.24) is 9.80 Å². The fraction of sp³-hybridized carbons (Fsp3) is 0.682. The van der Waals surface area contributed by atoms with Crippen LogP contribution in [-0.4, -0.2) is 88.3 Å². The van der Waals surface area contributed by atoms with Crippen LogP contribution < -0.4 is 4.74 Å². The fourth-order valence-corrected chi connectivity index (χ4v) is 5.00. The van der Waals surface area contributed by atoms with E-state index in [4.69, 9.17) is 4.74 Å². The van der Waals surface area contributed by atoms with Gasteiger partial charge in [0.25, 0.3) is 0 Å². The van der Waals surface area contributed by atoms with Crippen LogP contribution >= 0.6 is 0 Å². The first-order valence-electron chi connectivity index (χ1n) is 11.3. The zero-order valence-electron chi connectivity index (χ0n) is 19.3. The standard InChI is InChI=1S/C22H29F5N2O5S/c1-35(31,32)17-6-7-19(18(24)12-17)33-14-15-2-4-16(5-3-15)28-8-10-29(11-9-28)21(30)34-20(13-23)22(25,26)27/h6-7,12,15-16,20H,2-5,8-11,13-14H2,1H3/t15-,16-,20?. The SMILES string of the molecule is CS(=O)(=O)c1ccc(OC[C@H]2CC[C@H](N3CCN(C(=O)OC(CF)C(F)(F)F)CC3)CC2)c(F)c1. The lowest BCUT2D eigenvalue weighted by Crippen LogP contribution is -2.53. The lowest BCUT2D eigenvalue weighted by Gasteiger charge is -2.41. The summed E-state index contributed by atoms with van der Waals surface area (Å²) in [7, 11) is -3.50. The van der Waals surface area contributed by atoms with Gasteiger partial charge in [-0.2, -0.15) is 13.2 Å². The molecule has 1 aliphatic carbocycles. The third-order valence-electron chi connectivity index (χ3n) is 6.46. The van der Waals surface area contributed by atoms with Crippen LogP contribution in [0.25, 0.3) is 0 Å². The van der Waals surface area contributed by atoms with Crippen LogP contribution in [0, 0.1) is 11.7 Å². The first-order valence-corrected chi connectivity index (χ1v) is 13.2. The zero-order chi connectivity index (χ0) is 25.8. The summed E-state index contributed by atoms with van der Waals surface area (Å²) in [6.45, 7) is -0.170. The molecule has 13 heteroatoms. The van der Waals surface area contributed by atoms with Crippen LogP contribution in [-0.2, 0) is 14.6 Å². The summed E-state index contributed by atoms with van der Waals surface area (Å²) in [4.78, 5) is 15.2. The van der Waals surface area contributed by atoms with E-state index in [0.717, 1.165) is 42.9 Å². The maximum atomic E-state index is 14.2. The number of nitrogens with zero attached hydrogens (tertiary/aromatic N) is 2. The van der Waals surface area contributed by atoms with E-state index in [-0.39, 0.29) is 35.7 Å². The summed E-state index contributed by atoms with van der Waals surface area (Å²) in [6, 6.07) is 3.81.